The lowest BCUT2D eigenvalue weighted by atomic mass is 10.3. The standard InChI is InChI=1S/C11H12N2O.C2H6/c1-9-12-7-8-13(9)10-3-5-11(14-2)6-4-10;1-2/h3-8H,1-2H3;1-2H3. The van der Waals surface area contributed by atoms with Gasteiger partial charge in [0.25, 0.3) is 0 Å². The zero-order valence-electron chi connectivity index (χ0n) is 10.3. The molecular weight excluding hydrogens is 200 g/mol. The van der Waals surface area contributed by atoms with Gasteiger partial charge in [0, 0.05) is 18.1 Å². The Morgan fingerprint density at radius 3 is 2.19 bits per heavy atom. The summed E-state index contributed by atoms with van der Waals surface area (Å²) in [7, 11) is 1.66. The van der Waals surface area contributed by atoms with Crippen LogP contribution >= 0.6 is 0 Å². The first kappa shape index (κ1) is 12.3. The van der Waals surface area contributed by atoms with E-state index in [4.69, 9.17) is 4.74 Å². The molecule has 0 fully saturated rings. The molecule has 0 atom stereocenters. The van der Waals surface area contributed by atoms with Gasteiger partial charge in [-0.15, -0.1) is 0 Å². The van der Waals surface area contributed by atoms with Crippen molar-refractivity contribution in [3.63, 3.8) is 0 Å². The maximum atomic E-state index is 5.09. The maximum Gasteiger partial charge on any atom is 0.119 e. The largest absolute Gasteiger partial charge is 0.497 e. The third kappa shape index (κ3) is 2.63. The number of nitrogens with zero attached hydrogens (tertiary/aromatic N) is 2. The van der Waals surface area contributed by atoms with E-state index in [0.29, 0.717) is 0 Å². The Morgan fingerprint density at radius 1 is 1.12 bits per heavy atom. The Balaban J connectivity index is 0.000000606. The molecule has 16 heavy (non-hydrogen) atoms. The van der Waals surface area contributed by atoms with Crippen LogP contribution in [0.2, 0.25) is 0 Å². The first-order valence-electron chi connectivity index (χ1n) is 5.45. The van der Waals surface area contributed by atoms with E-state index in [1.54, 1.807) is 13.3 Å². The Morgan fingerprint density at radius 2 is 1.75 bits per heavy atom. The topological polar surface area (TPSA) is 27.1 Å². The molecule has 3 nitrogen and oxygen atoms in total. The molecule has 2 rings (SSSR count). The number of rotatable bonds is 2. The van der Waals surface area contributed by atoms with Gasteiger partial charge in [0.05, 0.1) is 7.11 Å². The molecule has 3 heteroatoms. The van der Waals surface area contributed by atoms with Crippen molar-refractivity contribution in [2.24, 2.45) is 0 Å². The van der Waals surface area contributed by atoms with Crippen LogP contribution in [0.3, 0.4) is 0 Å². The molecule has 2 aromatic rings. The summed E-state index contributed by atoms with van der Waals surface area (Å²) in [6.07, 6.45) is 3.73. The Labute approximate surface area is 96.7 Å². The lowest BCUT2D eigenvalue weighted by molar-refractivity contribution is 0.414. The summed E-state index contributed by atoms with van der Waals surface area (Å²) >= 11 is 0. The van der Waals surface area contributed by atoms with Gasteiger partial charge in [0.2, 0.25) is 0 Å². The molecule has 0 unspecified atom stereocenters. The van der Waals surface area contributed by atoms with Crippen molar-refractivity contribution >= 4 is 0 Å². The van der Waals surface area contributed by atoms with Crippen LogP contribution < -0.4 is 4.74 Å². The molecule has 0 aliphatic rings. The van der Waals surface area contributed by atoms with E-state index in [1.807, 2.05) is 55.8 Å². The molecule has 0 saturated carbocycles. The third-order valence-electron chi connectivity index (χ3n) is 2.18. The fourth-order valence-electron chi connectivity index (χ4n) is 1.39. The predicted molar refractivity (Wildman–Crippen MR) is 66.2 cm³/mol. The lowest BCUT2D eigenvalue weighted by Crippen LogP contribution is -1.95. The second-order valence-corrected chi connectivity index (χ2v) is 3.04. The highest BCUT2D eigenvalue weighted by molar-refractivity contribution is 5.38. The van der Waals surface area contributed by atoms with Crippen molar-refractivity contribution in [2.75, 3.05) is 7.11 Å². The third-order valence-corrected chi connectivity index (χ3v) is 2.18. The minimum atomic E-state index is 0.867. The first-order valence-corrected chi connectivity index (χ1v) is 5.45. The van der Waals surface area contributed by atoms with Gasteiger partial charge in [-0.3, -0.25) is 0 Å². The van der Waals surface area contributed by atoms with Gasteiger partial charge in [-0.05, 0) is 31.2 Å². The van der Waals surface area contributed by atoms with E-state index in [-0.39, 0.29) is 0 Å². The normalized spacial score (nSPS) is 9.25. The fraction of sp³-hybridized carbons (Fsp3) is 0.308. The summed E-state index contributed by atoms with van der Waals surface area (Å²) in [4.78, 5) is 4.17. The summed E-state index contributed by atoms with van der Waals surface area (Å²) in [6, 6.07) is 7.89. The molecule has 1 heterocycles. The fourth-order valence-corrected chi connectivity index (χ4v) is 1.39. The van der Waals surface area contributed by atoms with Crippen molar-refractivity contribution < 1.29 is 4.74 Å². The van der Waals surface area contributed by atoms with Crippen LogP contribution in [-0.4, -0.2) is 16.7 Å². The van der Waals surface area contributed by atoms with E-state index in [2.05, 4.69) is 4.98 Å². The average Bonchev–Trinajstić information content (AvgIpc) is 2.78. The van der Waals surface area contributed by atoms with Gasteiger partial charge < -0.3 is 9.30 Å². The lowest BCUT2D eigenvalue weighted by Gasteiger charge is -2.05. The van der Waals surface area contributed by atoms with Gasteiger partial charge in [-0.25, -0.2) is 4.98 Å². The average molecular weight is 218 g/mol. The van der Waals surface area contributed by atoms with Crippen LogP contribution in [0.4, 0.5) is 0 Å². The summed E-state index contributed by atoms with van der Waals surface area (Å²) in [5.74, 6) is 1.85. The molecule has 0 amide bonds. The quantitative estimate of drug-likeness (QED) is 0.774. The number of aromatic nitrogens is 2. The monoisotopic (exact) mass is 218 g/mol. The SMILES string of the molecule is CC.COc1ccc(-n2ccnc2C)cc1. The van der Waals surface area contributed by atoms with E-state index in [1.165, 1.54) is 0 Å². The van der Waals surface area contributed by atoms with E-state index in [9.17, 15) is 0 Å². The van der Waals surface area contributed by atoms with Crippen LogP contribution in [0.25, 0.3) is 5.69 Å². The number of imidazole rings is 1. The van der Waals surface area contributed by atoms with Crippen LogP contribution in [0, 0.1) is 6.92 Å². The van der Waals surface area contributed by atoms with E-state index >= 15 is 0 Å². The van der Waals surface area contributed by atoms with Gasteiger partial charge >= 0.3 is 0 Å². The van der Waals surface area contributed by atoms with Gasteiger partial charge in [-0.2, -0.15) is 0 Å². The molecule has 0 N–H and O–H groups in total. The van der Waals surface area contributed by atoms with Crippen molar-refractivity contribution in [1.29, 1.82) is 0 Å². The second kappa shape index (κ2) is 5.95. The molecule has 0 bridgehead atoms. The molecule has 0 aliphatic heterocycles. The molecule has 0 saturated heterocycles. The predicted octanol–water partition coefficient (Wildman–Crippen LogP) is 3.22. The van der Waals surface area contributed by atoms with Gasteiger partial charge in [0.15, 0.2) is 0 Å². The number of hydrogen-bond acceptors (Lipinski definition) is 2. The molecule has 1 aromatic carbocycles. The molecule has 0 aliphatic carbocycles. The molecule has 1 aromatic heterocycles. The molecule has 86 valence electrons. The summed E-state index contributed by atoms with van der Waals surface area (Å²) in [6.45, 7) is 5.98. The van der Waals surface area contributed by atoms with E-state index < -0.39 is 0 Å². The van der Waals surface area contributed by atoms with E-state index in [0.717, 1.165) is 17.3 Å². The Bertz CT molecular complexity index is 418. The smallest absolute Gasteiger partial charge is 0.119 e. The molecular formula is C13H18N2O. The zero-order chi connectivity index (χ0) is 12.0. The summed E-state index contributed by atoms with van der Waals surface area (Å²) in [5, 5.41) is 0. The highest BCUT2D eigenvalue weighted by Gasteiger charge is 1.99. The van der Waals surface area contributed by atoms with Crippen LogP contribution in [0.1, 0.15) is 19.7 Å². The minimum absolute atomic E-state index is 0.867. The molecule has 0 spiro atoms. The molecule has 0 radical (unpaired) electrons. The van der Waals surface area contributed by atoms with Crippen LogP contribution in [-0.2, 0) is 0 Å². The van der Waals surface area contributed by atoms with Crippen LogP contribution in [0.5, 0.6) is 5.75 Å². The number of methoxy groups -OCH3 is 1. The van der Waals surface area contributed by atoms with Crippen LogP contribution in [0.15, 0.2) is 36.7 Å². The summed E-state index contributed by atoms with van der Waals surface area (Å²) in [5.41, 5.74) is 1.10. The minimum Gasteiger partial charge on any atom is -0.497 e. The maximum absolute atomic E-state index is 5.09. The Kier molecular flexibility index (Phi) is 4.58. The van der Waals surface area contributed by atoms with Crippen molar-refractivity contribution in [3.05, 3.63) is 42.5 Å². The number of hydrogen-bond donors (Lipinski definition) is 0. The van der Waals surface area contributed by atoms with Gasteiger partial charge in [-0.1, -0.05) is 13.8 Å². The Hall–Kier alpha value is -1.77. The zero-order valence-corrected chi connectivity index (χ0v) is 10.3. The first-order chi connectivity index (χ1) is 7.81. The van der Waals surface area contributed by atoms with Crippen molar-refractivity contribution in [3.8, 4) is 11.4 Å². The summed E-state index contributed by atoms with van der Waals surface area (Å²) < 4.78 is 7.12. The van der Waals surface area contributed by atoms with Crippen molar-refractivity contribution in [1.82, 2.24) is 9.55 Å². The van der Waals surface area contributed by atoms with Gasteiger partial charge in [0.1, 0.15) is 11.6 Å². The second-order valence-electron chi connectivity index (χ2n) is 3.04. The number of benzene rings is 1. The number of ether oxygens (including phenoxy) is 1. The number of aryl methyl sites for hydroxylation is 1. The van der Waals surface area contributed by atoms with Crippen molar-refractivity contribution in [2.45, 2.75) is 20.8 Å². The highest BCUT2D eigenvalue weighted by Crippen LogP contribution is 2.15. The highest BCUT2D eigenvalue weighted by atomic mass is 16.5.